The maximum atomic E-state index is 13.1. The summed E-state index contributed by atoms with van der Waals surface area (Å²) in [4.78, 5) is 14.9. The molecule has 1 aliphatic heterocycles. The van der Waals surface area contributed by atoms with Crippen LogP contribution in [0.15, 0.2) is 56.6 Å². The van der Waals surface area contributed by atoms with Crippen molar-refractivity contribution in [3.8, 4) is 0 Å². The summed E-state index contributed by atoms with van der Waals surface area (Å²) in [5.74, 6) is 0.435. The van der Waals surface area contributed by atoms with Gasteiger partial charge in [-0.3, -0.25) is 9.52 Å². The van der Waals surface area contributed by atoms with E-state index in [0.29, 0.717) is 17.9 Å². The number of aromatic nitrogens is 1. The summed E-state index contributed by atoms with van der Waals surface area (Å²) in [7, 11) is -3.88. The average molecular weight is 418 g/mol. The summed E-state index contributed by atoms with van der Waals surface area (Å²) in [6, 6.07) is 9.63. The van der Waals surface area contributed by atoms with E-state index >= 15 is 0 Å². The normalized spacial score (nSPS) is 17.0. The van der Waals surface area contributed by atoms with Crippen molar-refractivity contribution in [1.82, 2.24) is 10.1 Å². The fourth-order valence-electron chi connectivity index (χ4n) is 3.39. The Kier molecular flexibility index (Phi) is 4.94. The Bertz CT molecular complexity index is 1090. The summed E-state index contributed by atoms with van der Waals surface area (Å²) in [6.45, 7) is 2.33. The highest BCUT2D eigenvalue weighted by Gasteiger charge is 2.31. The minimum absolute atomic E-state index is 0.00489. The summed E-state index contributed by atoms with van der Waals surface area (Å²) >= 11 is 1.61. The van der Waals surface area contributed by atoms with Gasteiger partial charge >= 0.3 is 0 Å². The molecule has 0 saturated carbocycles. The standard InChI is InChI=1S/C19H19N3O4S2/c1-13-10-18(20-26-13)21-28(24,25)16-5-2-4-14(11-16)19(23)22-8-3-6-17(22)15-7-9-27-12-15/h2,4-5,7,9-12,17H,3,6,8H2,1H3,(H,20,21)/t17-/m1/s1. The highest BCUT2D eigenvalue weighted by molar-refractivity contribution is 7.92. The Morgan fingerprint density at radius 2 is 2.18 bits per heavy atom. The number of aryl methyl sites for hydroxylation is 1. The molecule has 0 bridgehead atoms. The van der Waals surface area contributed by atoms with Crippen LogP contribution in [0.1, 0.15) is 40.6 Å². The van der Waals surface area contributed by atoms with E-state index in [1.54, 1.807) is 30.4 Å². The van der Waals surface area contributed by atoms with Crippen molar-refractivity contribution >= 4 is 33.1 Å². The van der Waals surface area contributed by atoms with Gasteiger partial charge in [0.2, 0.25) is 0 Å². The fraction of sp³-hybridized carbons (Fsp3) is 0.263. The van der Waals surface area contributed by atoms with Crippen LogP contribution in [0.2, 0.25) is 0 Å². The molecule has 1 amide bonds. The maximum Gasteiger partial charge on any atom is 0.263 e. The maximum absolute atomic E-state index is 13.1. The third-order valence-electron chi connectivity index (χ3n) is 4.70. The molecule has 1 aliphatic rings. The summed E-state index contributed by atoms with van der Waals surface area (Å²) in [6.07, 6.45) is 1.84. The van der Waals surface area contributed by atoms with Crippen LogP contribution in [-0.2, 0) is 10.0 Å². The van der Waals surface area contributed by atoms with Gasteiger partial charge in [-0.25, -0.2) is 8.42 Å². The van der Waals surface area contributed by atoms with E-state index in [4.69, 9.17) is 4.52 Å². The Morgan fingerprint density at radius 1 is 1.32 bits per heavy atom. The first-order chi connectivity index (χ1) is 13.4. The molecule has 1 saturated heterocycles. The third-order valence-corrected chi connectivity index (χ3v) is 6.75. The Balaban J connectivity index is 1.58. The van der Waals surface area contributed by atoms with Gasteiger partial charge in [0, 0.05) is 18.2 Å². The minimum Gasteiger partial charge on any atom is -0.360 e. The molecule has 3 aromatic rings. The molecule has 4 rings (SSSR count). The van der Waals surface area contributed by atoms with Crippen LogP contribution in [0.3, 0.4) is 0 Å². The zero-order chi connectivity index (χ0) is 19.7. The number of nitrogens with zero attached hydrogens (tertiary/aromatic N) is 2. The van der Waals surface area contributed by atoms with Crippen molar-refractivity contribution in [2.45, 2.75) is 30.7 Å². The first kappa shape index (κ1) is 18.7. The SMILES string of the molecule is Cc1cc(NS(=O)(=O)c2cccc(C(=O)N3CCC[C@@H]3c3ccsc3)c2)no1. The number of benzene rings is 1. The monoisotopic (exact) mass is 417 g/mol. The van der Waals surface area contributed by atoms with Crippen LogP contribution in [0.5, 0.6) is 0 Å². The van der Waals surface area contributed by atoms with Gasteiger partial charge in [0.1, 0.15) is 5.76 Å². The van der Waals surface area contributed by atoms with Crippen molar-refractivity contribution < 1.29 is 17.7 Å². The third kappa shape index (κ3) is 3.67. The van der Waals surface area contributed by atoms with Gasteiger partial charge in [-0.2, -0.15) is 11.3 Å². The molecule has 9 heteroatoms. The van der Waals surface area contributed by atoms with Crippen LogP contribution < -0.4 is 4.72 Å². The molecule has 0 unspecified atom stereocenters. The second-order valence-electron chi connectivity index (χ2n) is 6.67. The predicted molar refractivity (Wildman–Crippen MR) is 106 cm³/mol. The van der Waals surface area contributed by atoms with Crippen molar-refractivity contribution in [2.75, 3.05) is 11.3 Å². The number of carbonyl (C=O) groups is 1. The lowest BCUT2D eigenvalue weighted by atomic mass is 10.1. The Labute approximate surface area is 167 Å². The highest BCUT2D eigenvalue weighted by atomic mass is 32.2. The van der Waals surface area contributed by atoms with Crippen molar-refractivity contribution in [2.24, 2.45) is 0 Å². The van der Waals surface area contributed by atoms with Gasteiger partial charge < -0.3 is 9.42 Å². The lowest BCUT2D eigenvalue weighted by Crippen LogP contribution is -2.30. The van der Waals surface area contributed by atoms with E-state index in [1.165, 1.54) is 18.2 Å². The van der Waals surface area contributed by atoms with E-state index in [9.17, 15) is 13.2 Å². The molecular formula is C19H19N3O4S2. The van der Waals surface area contributed by atoms with Gasteiger partial charge in [0.05, 0.1) is 10.9 Å². The number of hydrogen-bond acceptors (Lipinski definition) is 6. The zero-order valence-electron chi connectivity index (χ0n) is 15.2. The minimum atomic E-state index is -3.88. The predicted octanol–water partition coefficient (Wildman–Crippen LogP) is 3.82. The molecule has 0 radical (unpaired) electrons. The number of carbonyl (C=O) groups excluding carboxylic acids is 1. The fourth-order valence-corrected chi connectivity index (χ4v) is 5.13. The lowest BCUT2D eigenvalue weighted by Gasteiger charge is -2.24. The van der Waals surface area contributed by atoms with Crippen molar-refractivity contribution in [3.63, 3.8) is 0 Å². The zero-order valence-corrected chi connectivity index (χ0v) is 16.8. The van der Waals surface area contributed by atoms with E-state index in [1.807, 2.05) is 16.3 Å². The smallest absolute Gasteiger partial charge is 0.263 e. The van der Waals surface area contributed by atoms with E-state index in [-0.39, 0.29) is 22.7 Å². The molecule has 1 N–H and O–H groups in total. The lowest BCUT2D eigenvalue weighted by molar-refractivity contribution is 0.0735. The van der Waals surface area contributed by atoms with Gasteiger partial charge in [-0.1, -0.05) is 11.2 Å². The average Bonchev–Trinajstić information content (AvgIpc) is 3.42. The van der Waals surface area contributed by atoms with Gasteiger partial charge in [-0.05, 0) is 60.4 Å². The Hall–Kier alpha value is -2.65. The van der Waals surface area contributed by atoms with Crippen LogP contribution in [0, 0.1) is 6.92 Å². The number of sulfonamides is 1. The molecular weight excluding hydrogens is 398 g/mol. The quantitative estimate of drug-likeness (QED) is 0.681. The topological polar surface area (TPSA) is 92.5 Å². The molecule has 0 spiro atoms. The number of hydrogen-bond donors (Lipinski definition) is 1. The highest BCUT2D eigenvalue weighted by Crippen LogP contribution is 2.34. The van der Waals surface area contributed by atoms with Crippen LogP contribution in [0.4, 0.5) is 5.82 Å². The van der Waals surface area contributed by atoms with Crippen molar-refractivity contribution in [3.05, 3.63) is 64.0 Å². The largest absolute Gasteiger partial charge is 0.360 e. The molecule has 7 nitrogen and oxygen atoms in total. The number of amides is 1. The molecule has 28 heavy (non-hydrogen) atoms. The molecule has 1 fully saturated rings. The molecule has 1 aromatic carbocycles. The number of likely N-dealkylation sites (tertiary alicyclic amines) is 1. The number of rotatable bonds is 5. The number of nitrogens with one attached hydrogen (secondary N) is 1. The van der Waals surface area contributed by atoms with Crippen LogP contribution in [-0.4, -0.2) is 30.9 Å². The molecule has 1 atom stereocenters. The summed E-state index contributed by atoms with van der Waals surface area (Å²) in [5, 5.41) is 7.70. The summed E-state index contributed by atoms with van der Waals surface area (Å²) in [5.41, 5.74) is 1.48. The first-order valence-electron chi connectivity index (χ1n) is 8.83. The Morgan fingerprint density at radius 3 is 2.89 bits per heavy atom. The van der Waals surface area contributed by atoms with E-state index in [2.05, 4.69) is 15.3 Å². The van der Waals surface area contributed by atoms with Crippen LogP contribution >= 0.6 is 11.3 Å². The van der Waals surface area contributed by atoms with E-state index in [0.717, 1.165) is 18.4 Å². The summed E-state index contributed by atoms with van der Waals surface area (Å²) < 4.78 is 32.5. The van der Waals surface area contributed by atoms with Crippen molar-refractivity contribution in [1.29, 1.82) is 0 Å². The van der Waals surface area contributed by atoms with Crippen LogP contribution in [0.25, 0.3) is 0 Å². The molecule has 2 aromatic heterocycles. The number of anilines is 1. The molecule has 0 aliphatic carbocycles. The molecule has 3 heterocycles. The second kappa shape index (κ2) is 7.40. The number of thiophene rings is 1. The van der Waals surface area contributed by atoms with Gasteiger partial charge in [-0.15, -0.1) is 0 Å². The first-order valence-corrected chi connectivity index (χ1v) is 11.3. The molecule has 146 valence electrons. The van der Waals surface area contributed by atoms with Gasteiger partial charge in [0.25, 0.3) is 15.9 Å². The van der Waals surface area contributed by atoms with Gasteiger partial charge in [0.15, 0.2) is 5.82 Å². The van der Waals surface area contributed by atoms with E-state index < -0.39 is 10.0 Å². The second-order valence-corrected chi connectivity index (χ2v) is 9.13.